The second kappa shape index (κ2) is 10.1. The summed E-state index contributed by atoms with van der Waals surface area (Å²) in [7, 11) is 0. The van der Waals surface area contributed by atoms with Gasteiger partial charge in [-0.15, -0.1) is 0 Å². The number of nitrogens with zero attached hydrogens (tertiary/aromatic N) is 3. The maximum Gasteiger partial charge on any atom is 0.342 e. The molecule has 1 saturated heterocycles. The molecule has 0 radical (unpaired) electrons. The molecule has 1 fully saturated rings. The molecule has 0 atom stereocenters. The highest BCUT2D eigenvalue weighted by Crippen LogP contribution is 2.29. The number of rotatable bonds is 7. The average molecular weight is 481 g/mol. The Balaban J connectivity index is 1.41. The Hall–Kier alpha value is -3.65. The normalized spacial score (nSPS) is 13.3. The van der Waals surface area contributed by atoms with Crippen molar-refractivity contribution in [1.29, 1.82) is 0 Å². The van der Waals surface area contributed by atoms with Crippen LogP contribution in [0.15, 0.2) is 48.5 Å². The molecule has 2 amide bonds. The fourth-order valence-electron chi connectivity index (χ4n) is 4.04. The summed E-state index contributed by atoms with van der Waals surface area (Å²) in [5, 5.41) is 7.80. The van der Waals surface area contributed by atoms with Crippen LogP contribution in [0.4, 0.5) is 11.4 Å². The molecule has 1 N–H and O–H groups in total. The summed E-state index contributed by atoms with van der Waals surface area (Å²) in [5.41, 5.74) is 3.47. The van der Waals surface area contributed by atoms with Gasteiger partial charge in [0.05, 0.1) is 29.3 Å². The van der Waals surface area contributed by atoms with E-state index in [1.807, 2.05) is 24.3 Å². The van der Waals surface area contributed by atoms with Gasteiger partial charge in [-0.05, 0) is 44.0 Å². The number of nitrogens with one attached hydrogen (secondary N) is 1. The molecule has 176 valence electrons. The van der Waals surface area contributed by atoms with E-state index >= 15 is 0 Å². The number of hydrogen-bond donors (Lipinski definition) is 1. The molecule has 2 heterocycles. The Bertz CT molecular complexity index is 1250. The second-order valence-electron chi connectivity index (χ2n) is 8.09. The van der Waals surface area contributed by atoms with Gasteiger partial charge >= 0.3 is 5.97 Å². The molecule has 0 aliphatic carbocycles. The molecule has 1 aliphatic rings. The highest BCUT2D eigenvalue weighted by molar-refractivity contribution is 6.31. The van der Waals surface area contributed by atoms with Crippen molar-refractivity contribution < 1.29 is 19.1 Å². The quantitative estimate of drug-likeness (QED) is 0.513. The molecule has 0 saturated carbocycles. The topological polar surface area (TPSA) is 93.5 Å². The first-order valence-electron chi connectivity index (χ1n) is 11.0. The number of carbonyl (C=O) groups excluding carboxylic acids is 3. The number of hydrogen-bond acceptors (Lipinski definition) is 5. The van der Waals surface area contributed by atoms with Gasteiger partial charge in [0.1, 0.15) is 5.56 Å². The van der Waals surface area contributed by atoms with Crippen LogP contribution in [0.3, 0.4) is 0 Å². The van der Waals surface area contributed by atoms with Gasteiger partial charge < -0.3 is 15.0 Å². The molecule has 0 unspecified atom stereocenters. The zero-order chi connectivity index (χ0) is 24.2. The first-order chi connectivity index (χ1) is 16.3. The molecule has 2 aromatic carbocycles. The predicted octanol–water partition coefficient (Wildman–Crippen LogP) is 4.12. The molecule has 3 aromatic rings. The Morgan fingerprint density at radius 2 is 1.85 bits per heavy atom. The minimum absolute atomic E-state index is 0.0212. The van der Waals surface area contributed by atoms with E-state index in [-0.39, 0.29) is 5.91 Å². The number of ether oxygens (including phenoxy) is 1. The number of halogens is 1. The van der Waals surface area contributed by atoms with Gasteiger partial charge in [0.15, 0.2) is 6.61 Å². The maximum absolute atomic E-state index is 12.8. The predicted molar refractivity (Wildman–Crippen MR) is 129 cm³/mol. The van der Waals surface area contributed by atoms with Crippen molar-refractivity contribution in [3.05, 3.63) is 76.1 Å². The van der Waals surface area contributed by atoms with Crippen LogP contribution in [0.5, 0.6) is 0 Å². The Morgan fingerprint density at radius 3 is 2.59 bits per heavy atom. The van der Waals surface area contributed by atoms with E-state index in [9.17, 15) is 14.4 Å². The number of esters is 1. The molecule has 0 bridgehead atoms. The van der Waals surface area contributed by atoms with Crippen LogP contribution >= 0.6 is 11.6 Å². The lowest BCUT2D eigenvalue weighted by molar-refractivity contribution is -0.119. The smallest absolute Gasteiger partial charge is 0.342 e. The number of aryl methyl sites for hydroxylation is 1. The first-order valence-corrected chi connectivity index (χ1v) is 11.4. The van der Waals surface area contributed by atoms with Crippen molar-refractivity contribution in [2.75, 3.05) is 23.4 Å². The monoisotopic (exact) mass is 480 g/mol. The second-order valence-corrected chi connectivity index (χ2v) is 8.49. The van der Waals surface area contributed by atoms with Gasteiger partial charge in [-0.1, -0.05) is 41.9 Å². The largest absolute Gasteiger partial charge is 0.452 e. The molecular weight excluding hydrogens is 456 g/mol. The van der Waals surface area contributed by atoms with Gasteiger partial charge in [0.25, 0.3) is 5.91 Å². The molecule has 9 heteroatoms. The SMILES string of the molecule is Cc1nn(Cc2ccccc2Cl)c(C)c1C(=O)OCC(=O)Nc1ccccc1N1CCCC1=O. The number of anilines is 2. The molecule has 4 rings (SSSR count). The van der Waals surface area contributed by atoms with E-state index in [0.717, 1.165) is 12.0 Å². The maximum atomic E-state index is 12.8. The van der Waals surface area contributed by atoms with Crippen molar-refractivity contribution in [3.8, 4) is 0 Å². The lowest BCUT2D eigenvalue weighted by Crippen LogP contribution is -2.27. The standard InChI is InChI=1S/C25H25ClN4O4/c1-16-24(17(2)30(28-16)14-18-8-3-4-9-19(18)26)25(33)34-15-22(31)27-20-10-5-6-11-21(20)29-13-7-12-23(29)32/h3-6,8-11H,7,12-15H2,1-2H3,(H,27,31). The third kappa shape index (κ3) is 4.97. The number of benzene rings is 2. The van der Waals surface area contributed by atoms with Crippen LogP contribution in [0.2, 0.25) is 5.02 Å². The molecular formula is C25H25ClN4O4. The van der Waals surface area contributed by atoms with Gasteiger partial charge in [0, 0.05) is 18.0 Å². The Labute approximate surface area is 202 Å². The van der Waals surface area contributed by atoms with Crippen molar-refractivity contribution in [3.63, 3.8) is 0 Å². The molecule has 1 aliphatic heterocycles. The lowest BCUT2D eigenvalue weighted by atomic mass is 10.2. The van der Waals surface area contributed by atoms with E-state index < -0.39 is 18.5 Å². The highest BCUT2D eigenvalue weighted by Gasteiger charge is 2.25. The minimum Gasteiger partial charge on any atom is -0.452 e. The summed E-state index contributed by atoms with van der Waals surface area (Å²) in [6.45, 7) is 4.05. The average Bonchev–Trinajstić information content (AvgIpc) is 3.36. The van der Waals surface area contributed by atoms with Crippen LogP contribution in [0.1, 0.15) is 40.2 Å². The van der Waals surface area contributed by atoms with Crippen LogP contribution in [0.25, 0.3) is 0 Å². The third-order valence-corrected chi connectivity index (χ3v) is 6.11. The number of aromatic nitrogens is 2. The molecule has 8 nitrogen and oxygen atoms in total. The van der Waals surface area contributed by atoms with Crippen LogP contribution in [-0.2, 0) is 20.9 Å². The first kappa shape index (κ1) is 23.5. The summed E-state index contributed by atoms with van der Waals surface area (Å²) >= 11 is 6.25. The minimum atomic E-state index is -0.626. The molecule has 1 aromatic heterocycles. The van der Waals surface area contributed by atoms with Gasteiger partial charge in [-0.2, -0.15) is 5.10 Å². The summed E-state index contributed by atoms with van der Waals surface area (Å²) < 4.78 is 6.98. The number of carbonyl (C=O) groups is 3. The van der Waals surface area contributed by atoms with Crippen LogP contribution < -0.4 is 10.2 Å². The Morgan fingerprint density at radius 1 is 1.12 bits per heavy atom. The molecule has 34 heavy (non-hydrogen) atoms. The third-order valence-electron chi connectivity index (χ3n) is 5.74. The summed E-state index contributed by atoms with van der Waals surface area (Å²) in [5.74, 6) is -1.10. The van der Waals surface area contributed by atoms with Crippen molar-refractivity contribution >= 4 is 40.8 Å². The highest BCUT2D eigenvalue weighted by atomic mass is 35.5. The summed E-state index contributed by atoms with van der Waals surface area (Å²) in [6.07, 6.45) is 1.27. The Kier molecular flexibility index (Phi) is 6.98. The fourth-order valence-corrected chi connectivity index (χ4v) is 4.24. The van der Waals surface area contributed by atoms with Crippen molar-refractivity contribution in [2.24, 2.45) is 0 Å². The van der Waals surface area contributed by atoms with E-state index in [1.54, 1.807) is 47.7 Å². The zero-order valence-corrected chi connectivity index (χ0v) is 19.8. The van der Waals surface area contributed by atoms with E-state index in [0.29, 0.717) is 52.9 Å². The van der Waals surface area contributed by atoms with Gasteiger partial charge in [0.2, 0.25) is 5.91 Å². The lowest BCUT2D eigenvalue weighted by Gasteiger charge is -2.19. The fraction of sp³-hybridized carbons (Fsp3) is 0.280. The van der Waals surface area contributed by atoms with E-state index in [1.165, 1.54) is 0 Å². The summed E-state index contributed by atoms with van der Waals surface area (Å²) in [6, 6.07) is 14.5. The van der Waals surface area contributed by atoms with Crippen LogP contribution in [-0.4, -0.2) is 40.7 Å². The van der Waals surface area contributed by atoms with Crippen LogP contribution in [0, 0.1) is 13.8 Å². The van der Waals surface area contributed by atoms with Crippen molar-refractivity contribution in [2.45, 2.75) is 33.2 Å². The number of para-hydroxylation sites is 2. The molecule has 0 spiro atoms. The number of amides is 2. The summed E-state index contributed by atoms with van der Waals surface area (Å²) in [4.78, 5) is 39.1. The van der Waals surface area contributed by atoms with E-state index in [2.05, 4.69) is 10.4 Å². The van der Waals surface area contributed by atoms with Crippen molar-refractivity contribution in [1.82, 2.24) is 9.78 Å². The van der Waals surface area contributed by atoms with Gasteiger partial charge in [-0.25, -0.2) is 4.79 Å². The zero-order valence-electron chi connectivity index (χ0n) is 19.0. The van der Waals surface area contributed by atoms with Gasteiger partial charge in [-0.3, -0.25) is 14.3 Å². The van der Waals surface area contributed by atoms with E-state index in [4.69, 9.17) is 16.3 Å².